The normalized spacial score (nSPS) is 24.2. The maximum atomic E-state index is 6.48. The van der Waals surface area contributed by atoms with E-state index in [9.17, 15) is 0 Å². The van der Waals surface area contributed by atoms with Gasteiger partial charge in [0.15, 0.2) is 0 Å². The minimum absolute atomic E-state index is 0.244. The Morgan fingerprint density at radius 3 is 2.88 bits per heavy atom. The van der Waals surface area contributed by atoms with Crippen LogP contribution in [0.15, 0.2) is 54.6 Å². The molecule has 0 saturated heterocycles. The molecule has 0 bridgehead atoms. The summed E-state index contributed by atoms with van der Waals surface area (Å²) >= 11 is 6.48. The van der Waals surface area contributed by atoms with Crippen molar-refractivity contribution in [3.8, 4) is 5.75 Å². The van der Waals surface area contributed by atoms with Gasteiger partial charge in [-0.2, -0.15) is 0 Å². The van der Waals surface area contributed by atoms with Crippen LogP contribution in [0.3, 0.4) is 0 Å². The van der Waals surface area contributed by atoms with E-state index in [4.69, 9.17) is 16.3 Å². The number of hydrogen-bond acceptors (Lipinski definition) is 2. The molecule has 0 radical (unpaired) electrons. The number of nitrogens with one attached hydrogen (secondary N) is 1. The molecule has 2 nitrogen and oxygen atoms in total. The van der Waals surface area contributed by atoms with E-state index in [1.807, 2.05) is 12.1 Å². The summed E-state index contributed by atoms with van der Waals surface area (Å²) in [6, 6.07) is 14.8. The molecular formula is C21H22ClNO. The van der Waals surface area contributed by atoms with Crippen LogP contribution in [0.2, 0.25) is 5.02 Å². The monoisotopic (exact) mass is 339 g/mol. The lowest BCUT2D eigenvalue weighted by Crippen LogP contribution is -2.29. The van der Waals surface area contributed by atoms with Crippen molar-refractivity contribution in [2.75, 3.05) is 11.9 Å². The molecule has 1 heterocycles. The fourth-order valence-corrected chi connectivity index (χ4v) is 4.17. The summed E-state index contributed by atoms with van der Waals surface area (Å²) in [6.07, 6.45) is 6.75. The summed E-state index contributed by atoms with van der Waals surface area (Å²) in [5.74, 6) is 1.89. The van der Waals surface area contributed by atoms with Gasteiger partial charge in [-0.1, -0.05) is 48.9 Å². The highest BCUT2D eigenvalue weighted by molar-refractivity contribution is 6.31. The molecule has 3 heteroatoms. The van der Waals surface area contributed by atoms with Crippen LogP contribution in [0, 0.1) is 5.92 Å². The lowest BCUT2D eigenvalue weighted by molar-refractivity contribution is 0.316. The Kier molecular flexibility index (Phi) is 4.24. The molecule has 3 atom stereocenters. The van der Waals surface area contributed by atoms with Crippen LogP contribution >= 0.6 is 11.6 Å². The zero-order valence-corrected chi connectivity index (χ0v) is 14.6. The van der Waals surface area contributed by atoms with Crippen LogP contribution in [0.5, 0.6) is 5.75 Å². The number of anilines is 1. The summed E-state index contributed by atoms with van der Waals surface area (Å²) in [4.78, 5) is 0. The first-order valence-corrected chi connectivity index (χ1v) is 9.10. The van der Waals surface area contributed by atoms with E-state index >= 15 is 0 Å². The van der Waals surface area contributed by atoms with Gasteiger partial charge in [0.25, 0.3) is 0 Å². The first-order valence-electron chi connectivity index (χ1n) is 8.72. The molecule has 0 amide bonds. The van der Waals surface area contributed by atoms with Crippen LogP contribution in [0.4, 0.5) is 5.69 Å². The zero-order valence-electron chi connectivity index (χ0n) is 13.8. The number of rotatable bonds is 4. The van der Waals surface area contributed by atoms with Gasteiger partial charge in [0, 0.05) is 16.6 Å². The summed E-state index contributed by atoms with van der Waals surface area (Å²) in [5.41, 5.74) is 3.72. The van der Waals surface area contributed by atoms with E-state index in [-0.39, 0.29) is 6.04 Å². The number of benzene rings is 2. The van der Waals surface area contributed by atoms with Gasteiger partial charge in [-0.25, -0.2) is 0 Å². The van der Waals surface area contributed by atoms with Crippen molar-refractivity contribution in [1.29, 1.82) is 0 Å². The van der Waals surface area contributed by atoms with Crippen molar-refractivity contribution in [3.63, 3.8) is 0 Å². The third-order valence-corrected chi connectivity index (χ3v) is 5.39. The predicted molar refractivity (Wildman–Crippen MR) is 100 cm³/mol. The van der Waals surface area contributed by atoms with Crippen LogP contribution < -0.4 is 10.1 Å². The Morgan fingerprint density at radius 1 is 1.17 bits per heavy atom. The van der Waals surface area contributed by atoms with Gasteiger partial charge in [0.2, 0.25) is 0 Å². The molecule has 1 aliphatic heterocycles. The highest BCUT2D eigenvalue weighted by Crippen LogP contribution is 2.51. The first kappa shape index (κ1) is 15.6. The Labute approximate surface area is 148 Å². The van der Waals surface area contributed by atoms with Crippen molar-refractivity contribution < 1.29 is 4.74 Å². The molecule has 3 unspecified atom stereocenters. The molecule has 2 aromatic rings. The molecule has 0 fully saturated rings. The van der Waals surface area contributed by atoms with Gasteiger partial charge in [-0.15, -0.1) is 0 Å². The van der Waals surface area contributed by atoms with Crippen molar-refractivity contribution >= 4 is 17.3 Å². The third-order valence-electron chi connectivity index (χ3n) is 5.05. The molecule has 0 aromatic heterocycles. The van der Waals surface area contributed by atoms with Crippen LogP contribution in [0.25, 0.3) is 0 Å². The molecule has 2 aromatic carbocycles. The SMILES string of the molecule is CCCOc1ccc2c(c1)C1C=CCC1C(c1ccccc1Cl)N2. The highest BCUT2D eigenvalue weighted by Gasteiger charge is 2.38. The number of ether oxygens (including phenoxy) is 1. The lowest BCUT2D eigenvalue weighted by atomic mass is 9.77. The van der Waals surface area contributed by atoms with Gasteiger partial charge >= 0.3 is 0 Å². The minimum atomic E-state index is 0.244. The van der Waals surface area contributed by atoms with E-state index in [0.717, 1.165) is 30.2 Å². The van der Waals surface area contributed by atoms with Crippen molar-refractivity contribution in [3.05, 3.63) is 70.8 Å². The summed E-state index contributed by atoms with van der Waals surface area (Å²) < 4.78 is 5.83. The second kappa shape index (κ2) is 6.52. The Hall–Kier alpha value is -1.93. The standard InChI is InChI=1S/C21H22ClNO/c1-2-12-24-14-10-11-20-18(13-14)15-7-5-8-16(15)21(23-20)17-6-3-4-9-19(17)22/h3-7,9-11,13,15-16,21,23H,2,8,12H2,1H3. The van der Waals surface area contributed by atoms with Crippen molar-refractivity contribution in [1.82, 2.24) is 0 Å². The molecule has 2 aliphatic rings. The summed E-state index contributed by atoms with van der Waals surface area (Å²) in [5, 5.41) is 4.57. The smallest absolute Gasteiger partial charge is 0.119 e. The number of halogens is 1. The molecule has 1 aliphatic carbocycles. The maximum absolute atomic E-state index is 6.48. The number of hydrogen-bond donors (Lipinski definition) is 1. The van der Waals surface area contributed by atoms with E-state index in [1.54, 1.807) is 0 Å². The second-order valence-corrected chi connectivity index (χ2v) is 7.00. The Bertz CT molecular complexity index is 770. The molecule has 1 N–H and O–H groups in total. The lowest BCUT2D eigenvalue weighted by Gasteiger charge is -2.38. The Balaban J connectivity index is 1.71. The average molecular weight is 340 g/mol. The van der Waals surface area contributed by atoms with Gasteiger partial charge in [-0.3, -0.25) is 0 Å². The van der Waals surface area contributed by atoms with E-state index in [0.29, 0.717) is 11.8 Å². The van der Waals surface area contributed by atoms with Crippen LogP contribution in [0.1, 0.15) is 42.9 Å². The van der Waals surface area contributed by atoms with Crippen LogP contribution in [-0.4, -0.2) is 6.61 Å². The molecule has 124 valence electrons. The maximum Gasteiger partial charge on any atom is 0.119 e. The minimum Gasteiger partial charge on any atom is -0.494 e. The Morgan fingerprint density at radius 2 is 2.04 bits per heavy atom. The third kappa shape index (κ3) is 2.69. The van der Waals surface area contributed by atoms with Gasteiger partial charge in [-0.05, 0) is 54.2 Å². The van der Waals surface area contributed by atoms with Gasteiger partial charge in [0.1, 0.15) is 5.75 Å². The largest absolute Gasteiger partial charge is 0.494 e. The van der Waals surface area contributed by atoms with E-state index < -0.39 is 0 Å². The first-order chi connectivity index (χ1) is 11.8. The molecule has 24 heavy (non-hydrogen) atoms. The fourth-order valence-electron chi connectivity index (χ4n) is 3.92. The molecule has 0 spiro atoms. The van der Waals surface area contributed by atoms with Crippen LogP contribution in [-0.2, 0) is 0 Å². The fraction of sp³-hybridized carbons (Fsp3) is 0.333. The zero-order chi connectivity index (χ0) is 16.5. The number of allylic oxidation sites excluding steroid dienone is 2. The molecule has 0 saturated carbocycles. The average Bonchev–Trinajstić information content (AvgIpc) is 3.10. The van der Waals surface area contributed by atoms with Crippen molar-refractivity contribution in [2.45, 2.75) is 31.7 Å². The topological polar surface area (TPSA) is 21.3 Å². The number of fused-ring (bicyclic) bond motifs is 3. The molecular weight excluding hydrogens is 318 g/mol. The quantitative estimate of drug-likeness (QED) is 0.694. The van der Waals surface area contributed by atoms with Crippen molar-refractivity contribution in [2.24, 2.45) is 5.92 Å². The van der Waals surface area contributed by atoms with Gasteiger partial charge < -0.3 is 10.1 Å². The highest BCUT2D eigenvalue weighted by atomic mass is 35.5. The van der Waals surface area contributed by atoms with E-state index in [1.165, 1.54) is 16.8 Å². The predicted octanol–water partition coefficient (Wildman–Crippen LogP) is 5.96. The summed E-state index contributed by atoms with van der Waals surface area (Å²) in [6.45, 7) is 2.89. The second-order valence-electron chi connectivity index (χ2n) is 6.59. The van der Waals surface area contributed by atoms with E-state index in [2.05, 4.69) is 54.7 Å². The van der Waals surface area contributed by atoms with Gasteiger partial charge in [0.05, 0.1) is 12.6 Å². The molecule has 4 rings (SSSR count). The summed E-state index contributed by atoms with van der Waals surface area (Å²) in [7, 11) is 0.